The van der Waals surface area contributed by atoms with Gasteiger partial charge < -0.3 is 20.1 Å². The molecule has 0 atom stereocenters. The molecule has 9 heteroatoms. The highest BCUT2D eigenvalue weighted by Gasteiger charge is 2.11. The fourth-order valence-corrected chi connectivity index (χ4v) is 3.27. The molecule has 0 spiro atoms. The summed E-state index contributed by atoms with van der Waals surface area (Å²) in [5, 5.41) is 10.1. The number of carbonyl (C=O) groups is 1. The summed E-state index contributed by atoms with van der Waals surface area (Å²) < 4.78 is 13.0. The van der Waals surface area contributed by atoms with E-state index in [-0.39, 0.29) is 6.03 Å². The minimum atomic E-state index is -0.349. The first-order chi connectivity index (χ1) is 16.4. The van der Waals surface area contributed by atoms with Crippen LogP contribution in [-0.2, 0) is 0 Å². The summed E-state index contributed by atoms with van der Waals surface area (Å²) >= 11 is 0. The van der Waals surface area contributed by atoms with Crippen molar-refractivity contribution in [1.82, 2.24) is 19.7 Å². The Balaban J connectivity index is 1.37. The molecule has 2 aromatic heterocycles. The van der Waals surface area contributed by atoms with E-state index >= 15 is 0 Å². The van der Waals surface area contributed by atoms with Crippen LogP contribution < -0.4 is 20.1 Å². The minimum absolute atomic E-state index is 0.349. The molecule has 0 fully saturated rings. The topological polar surface area (TPSA) is 103 Å². The number of benzene rings is 2. The van der Waals surface area contributed by atoms with Gasteiger partial charge in [0.25, 0.3) is 0 Å². The highest BCUT2D eigenvalue weighted by atomic mass is 16.5. The van der Waals surface area contributed by atoms with Crippen LogP contribution in [0.3, 0.4) is 0 Å². The minimum Gasteiger partial charge on any atom is -0.494 e. The quantitative estimate of drug-likeness (QED) is 0.383. The lowest BCUT2D eigenvalue weighted by molar-refractivity contribution is 0.262. The zero-order valence-electron chi connectivity index (χ0n) is 19.5. The molecule has 0 aliphatic carbocycles. The summed E-state index contributed by atoms with van der Waals surface area (Å²) in [7, 11) is 0. The first-order valence-electron chi connectivity index (χ1n) is 10.9. The van der Waals surface area contributed by atoms with Crippen molar-refractivity contribution < 1.29 is 14.3 Å². The fourth-order valence-electron chi connectivity index (χ4n) is 3.27. The van der Waals surface area contributed by atoms with Crippen LogP contribution in [0.15, 0.2) is 60.9 Å². The predicted octanol–water partition coefficient (Wildman–Crippen LogP) is 5.42. The summed E-state index contributed by atoms with van der Waals surface area (Å²) in [4.78, 5) is 20.8. The van der Waals surface area contributed by atoms with E-state index < -0.39 is 0 Å². The number of aromatic nitrogens is 4. The van der Waals surface area contributed by atoms with Crippen LogP contribution in [0, 0.1) is 20.8 Å². The lowest BCUT2D eigenvalue weighted by Crippen LogP contribution is -2.19. The molecule has 2 N–H and O–H groups in total. The maximum absolute atomic E-state index is 12.3. The second kappa shape index (κ2) is 10.0. The third-order valence-corrected chi connectivity index (χ3v) is 5.26. The number of hydrogen-bond acceptors (Lipinski definition) is 6. The van der Waals surface area contributed by atoms with Gasteiger partial charge in [-0.25, -0.2) is 19.4 Å². The van der Waals surface area contributed by atoms with Crippen LogP contribution in [0.2, 0.25) is 0 Å². The average Bonchev–Trinajstić information content (AvgIpc) is 3.09. The first-order valence-corrected chi connectivity index (χ1v) is 10.9. The van der Waals surface area contributed by atoms with Crippen LogP contribution in [0.1, 0.15) is 23.9 Å². The molecule has 9 nitrogen and oxygen atoms in total. The van der Waals surface area contributed by atoms with Crippen molar-refractivity contribution in [3.63, 3.8) is 0 Å². The summed E-state index contributed by atoms with van der Waals surface area (Å²) in [5.41, 5.74) is 4.38. The summed E-state index contributed by atoms with van der Waals surface area (Å²) in [6.45, 7) is 8.50. The lowest BCUT2D eigenvalue weighted by Gasteiger charge is -2.10. The van der Waals surface area contributed by atoms with Crippen molar-refractivity contribution in [3.05, 3.63) is 77.9 Å². The van der Waals surface area contributed by atoms with Crippen molar-refractivity contribution in [2.45, 2.75) is 27.7 Å². The molecule has 2 aromatic carbocycles. The average molecular weight is 459 g/mol. The maximum Gasteiger partial charge on any atom is 0.323 e. The third kappa shape index (κ3) is 5.32. The van der Waals surface area contributed by atoms with E-state index in [9.17, 15) is 4.79 Å². The van der Waals surface area contributed by atoms with Gasteiger partial charge in [-0.2, -0.15) is 5.10 Å². The molecular formula is C25H26N6O3. The molecule has 0 aliphatic rings. The van der Waals surface area contributed by atoms with Crippen LogP contribution in [0.4, 0.5) is 16.2 Å². The molecule has 0 unspecified atom stereocenters. The van der Waals surface area contributed by atoms with E-state index in [0.717, 1.165) is 22.7 Å². The molecular weight excluding hydrogens is 432 g/mol. The van der Waals surface area contributed by atoms with Crippen LogP contribution in [0.5, 0.6) is 17.4 Å². The zero-order valence-corrected chi connectivity index (χ0v) is 19.5. The van der Waals surface area contributed by atoms with Gasteiger partial charge in [-0.05, 0) is 81.8 Å². The van der Waals surface area contributed by atoms with Gasteiger partial charge in [0.15, 0.2) is 5.82 Å². The van der Waals surface area contributed by atoms with Gasteiger partial charge in [-0.15, -0.1) is 0 Å². The molecule has 2 heterocycles. The van der Waals surface area contributed by atoms with E-state index in [1.165, 1.54) is 6.33 Å². The highest BCUT2D eigenvalue weighted by Crippen LogP contribution is 2.24. The van der Waals surface area contributed by atoms with Crippen LogP contribution in [0.25, 0.3) is 5.82 Å². The maximum atomic E-state index is 12.3. The Labute approximate surface area is 197 Å². The third-order valence-electron chi connectivity index (χ3n) is 5.26. The van der Waals surface area contributed by atoms with E-state index in [0.29, 0.717) is 35.4 Å². The lowest BCUT2D eigenvalue weighted by atomic mass is 10.2. The number of anilines is 2. The molecule has 4 aromatic rings. The van der Waals surface area contributed by atoms with Crippen molar-refractivity contribution in [3.8, 4) is 23.2 Å². The molecule has 4 rings (SSSR count). The van der Waals surface area contributed by atoms with Crippen molar-refractivity contribution in [1.29, 1.82) is 0 Å². The van der Waals surface area contributed by atoms with E-state index in [1.807, 2.05) is 27.7 Å². The van der Waals surface area contributed by atoms with Crippen molar-refractivity contribution in [2.75, 3.05) is 17.2 Å². The second-order valence-electron chi connectivity index (χ2n) is 7.59. The Morgan fingerprint density at radius 1 is 0.912 bits per heavy atom. The number of aryl methyl sites for hydroxylation is 1. The Morgan fingerprint density at radius 2 is 1.53 bits per heavy atom. The number of ether oxygens (including phenoxy) is 2. The van der Waals surface area contributed by atoms with Gasteiger partial charge in [-0.1, -0.05) is 0 Å². The first kappa shape index (κ1) is 22.8. The SMILES string of the molecule is CCOc1ccc(NC(=O)Nc2ccc(Oc3cc(-n4nc(C)c(C)c4C)ncn3)cc2)cc1. The van der Waals surface area contributed by atoms with Crippen molar-refractivity contribution in [2.24, 2.45) is 0 Å². The Hall–Kier alpha value is -4.40. The second-order valence-corrected chi connectivity index (χ2v) is 7.59. The monoisotopic (exact) mass is 458 g/mol. The van der Waals surface area contributed by atoms with Gasteiger partial charge in [-0.3, -0.25) is 0 Å². The molecule has 0 aliphatic heterocycles. The smallest absolute Gasteiger partial charge is 0.323 e. The predicted molar refractivity (Wildman–Crippen MR) is 130 cm³/mol. The summed E-state index contributed by atoms with van der Waals surface area (Å²) in [6, 6.07) is 15.6. The summed E-state index contributed by atoms with van der Waals surface area (Å²) in [6.07, 6.45) is 1.44. The molecule has 0 saturated carbocycles. The normalized spacial score (nSPS) is 10.6. The number of nitrogens with zero attached hydrogens (tertiary/aromatic N) is 4. The Kier molecular flexibility index (Phi) is 6.72. The van der Waals surface area contributed by atoms with E-state index in [4.69, 9.17) is 9.47 Å². The molecule has 0 bridgehead atoms. The molecule has 174 valence electrons. The molecule has 0 radical (unpaired) electrons. The van der Waals surface area contributed by atoms with Gasteiger partial charge in [0.05, 0.1) is 12.3 Å². The zero-order chi connectivity index (χ0) is 24.1. The largest absolute Gasteiger partial charge is 0.494 e. The van der Waals surface area contributed by atoms with Crippen LogP contribution in [-0.4, -0.2) is 32.4 Å². The van der Waals surface area contributed by atoms with Gasteiger partial charge in [0.1, 0.15) is 17.8 Å². The van der Waals surface area contributed by atoms with Crippen molar-refractivity contribution >= 4 is 17.4 Å². The number of hydrogen-bond donors (Lipinski definition) is 2. The number of rotatable bonds is 7. The van der Waals surface area contributed by atoms with Crippen LogP contribution >= 0.6 is 0 Å². The Morgan fingerprint density at radius 3 is 2.09 bits per heavy atom. The number of carbonyl (C=O) groups excluding carboxylic acids is 1. The molecule has 34 heavy (non-hydrogen) atoms. The highest BCUT2D eigenvalue weighted by molar-refractivity contribution is 5.99. The van der Waals surface area contributed by atoms with E-state index in [2.05, 4.69) is 25.7 Å². The standard InChI is InChI=1S/C25H26N6O3/c1-5-33-21-10-6-19(7-11-21)28-25(32)29-20-8-12-22(13-9-20)34-24-14-23(26-15-27-24)31-18(4)16(2)17(3)30-31/h6-15H,5H2,1-4H3,(H2,28,29,32). The fraction of sp³-hybridized carbons (Fsp3) is 0.200. The number of nitrogens with one attached hydrogen (secondary N) is 2. The van der Waals surface area contributed by atoms with Gasteiger partial charge >= 0.3 is 6.03 Å². The van der Waals surface area contributed by atoms with E-state index in [1.54, 1.807) is 59.3 Å². The van der Waals surface area contributed by atoms with Gasteiger partial charge in [0.2, 0.25) is 5.88 Å². The molecule has 2 amide bonds. The molecule has 0 saturated heterocycles. The number of urea groups is 1. The number of amides is 2. The summed E-state index contributed by atoms with van der Waals surface area (Å²) in [5.74, 6) is 2.35. The van der Waals surface area contributed by atoms with Gasteiger partial charge in [0, 0.05) is 23.1 Å². The Bertz CT molecular complexity index is 1280.